The summed E-state index contributed by atoms with van der Waals surface area (Å²) in [5.41, 5.74) is 6.73. The van der Waals surface area contributed by atoms with E-state index in [9.17, 15) is 4.79 Å². The Morgan fingerprint density at radius 1 is 1.71 bits per heavy atom. The van der Waals surface area contributed by atoms with Crippen molar-refractivity contribution in [1.29, 1.82) is 0 Å². The number of hydrogen-bond donors (Lipinski definition) is 2. The van der Waals surface area contributed by atoms with Crippen molar-refractivity contribution in [3.05, 3.63) is 11.1 Å². The zero-order valence-electron chi connectivity index (χ0n) is 9.81. The van der Waals surface area contributed by atoms with E-state index in [2.05, 4.69) is 10.3 Å². The lowest BCUT2D eigenvalue weighted by atomic mass is 10.2. The third-order valence-corrected chi connectivity index (χ3v) is 3.37. The molecule has 0 bridgehead atoms. The number of carbonyl (C=O) groups is 1. The molecule has 17 heavy (non-hydrogen) atoms. The van der Waals surface area contributed by atoms with Crippen molar-refractivity contribution >= 4 is 34.8 Å². The van der Waals surface area contributed by atoms with Crippen LogP contribution in [0, 0.1) is 0 Å². The Morgan fingerprint density at radius 2 is 2.41 bits per heavy atom. The average Bonchev–Trinajstić information content (AvgIpc) is 2.98. The summed E-state index contributed by atoms with van der Waals surface area (Å²) >= 11 is 1.51. The molecule has 4 nitrogen and oxygen atoms in total. The van der Waals surface area contributed by atoms with Crippen LogP contribution in [0.25, 0.3) is 0 Å². The molecular formula is C11H18ClN3OS. The van der Waals surface area contributed by atoms with E-state index in [4.69, 9.17) is 5.73 Å². The second kappa shape index (κ2) is 6.33. The number of carbonyl (C=O) groups excluding carboxylic acids is 1. The Labute approximate surface area is 111 Å². The number of anilines is 1. The normalized spacial score (nSPS) is 16.1. The van der Waals surface area contributed by atoms with E-state index in [1.54, 1.807) is 0 Å². The van der Waals surface area contributed by atoms with Gasteiger partial charge in [-0.25, -0.2) is 4.98 Å². The van der Waals surface area contributed by atoms with E-state index in [-0.39, 0.29) is 24.4 Å². The first kappa shape index (κ1) is 14.4. The molecule has 3 N–H and O–H groups in total. The van der Waals surface area contributed by atoms with E-state index in [1.807, 2.05) is 12.3 Å². The maximum absolute atomic E-state index is 11.5. The number of amides is 1. The van der Waals surface area contributed by atoms with Crippen LogP contribution in [0.1, 0.15) is 44.2 Å². The molecule has 1 aliphatic rings. The molecule has 0 spiro atoms. The van der Waals surface area contributed by atoms with Crippen LogP contribution >= 0.6 is 23.7 Å². The van der Waals surface area contributed by atoms with Crippen molar-refractivity contribution in [1.82, 2.24) is 4.98 Å². The molecular weight excluding hydrogens is 258 g/mol. The highest BCUT2D eigenvalue weighted by Crippen LogP contribution is 2.40. The largest absolute Gasteiger partial charge is 0.328 e. The number of rotatable bonds is 5. The first-order valence-corrected chi connectivity index (χ1v) is 6.54. The maximum atomic E-state index is 11.5. The molecule has 2 rings (SSSR count). The van der Waals surface area contributed by atoms with Gasteiger partial charge in [0.2, 0.25) is 5.91 Å². The van der Waals surface area contributed by atoms with Gasteiger partial charge in [-0.2, -0.15) is 0 Å². The second-order valence-corrected chi connectivity index (χ2v) is 5.27. The number of halogens is 1. The first-order valence-electron chi connectivity index (χ1n) is 5.66. The zero-order valence-corrected chi connectivity index (χ0v) is 11.4. The minimum Gasteiger partial charge on any atom is -0.328 e. The topological polar surface area (TPSA) is 68.0 Å². The molecule has 1 unspecified atom stereocenters. The smallest absolute Gasteiger partial charge is 0.226 e. The van der Waals surface area contributed by atoms with Gasteiger partial charge >= 0.3 is 0 Å². The van der Waals surface area contributed by atoms with Gasteiger partial charge in [0.25, 0.3) is 0 Å². The summed E-state index contributed by atoms with van der Waals surface area (Å²) < 4.78 is 0. The standard InChI is InChI=1S/C11H17N3OS.ClH/c1-7(12)2-5-10(15)14-11-13-9(6-16-11)8-3-4-8;/h6-8H,2-5,12H2,1H3,(H,13,14,15);1H. The van der Waals surface area contributed by atoms with Gasteiger partial charge in [-0.15, -0.1) is 23.7 Å². The molecule has 1 fully saturated rings. The maximum Gasteiger partial charge on any atom is 0.226 e. The predicted octanol–water partition coefficient (Wildman–Crippen LogP) is 2.51. The van der Waals surface area contributed by atoms with Gasteiger partial charge in [-0.1, -0.05) is 0 Å². The second-order valence-electron chi connectivity index (χ2n) is 4.42. The van der Waals surface area contributed by atoms with E-state index in [1.165, 1.54) is 24.2 Å². The van der Waals surface area contributed by atoms with Crippen LogP contribution in [-0.4, -0.2) is 16.9 Å². The van der Waals surface area contributed by atoms with Gasteiger partial charge in [-0.05, 0) is 26.2 Å². The number of nitrogens with zero attached hydrogens (tertiary/aromatic N) is 1. The third kappa shape index (κ3) is 4.61. The van der Waals surface area contributed by atoms with Crippen molar-refractivity contribution in [3.8, 4) is 0 Å². The molecule has 0 aromatic carbocycles. The van der Waals surface area contributed by atoms with Crippen LogP contribution in [0.5, 0.6) is 0 Å². The van der Waals surface area contributed by atoms with Crippen LogP contribution in [0.15, 0.2) is 5.38 Å². The van der Waals surface area contributed by atoms with Gasteiger partial charge in [0.15, 0.2) is 5.13 Å². The Balaban J connectivity index is 0.00000144. The quantitative estimate of drug-likeness (QED) is 0.868. The van der Waals surface area contributed by atoms with Gasteiger partial charge in [0, 0.05) is 23.8 Å². The summed E-state index contributed by atoms with van der Waals surface area (Å²) in [7, 11) is 0. The highest BCUT2D eigenvalue weighted by molar-refractivity contribution is 7.13. The van der Waals surface area contributed by atoms with Crippen molar-refractivity contribution in [2.24, 2.45) is 5.73 Å². The van der Waals surface area contributed by atoms with Crippen molar-refractivity contribution in [2.75, 3.05) is 5.32 Å². The molecule has 96 valence electrons. The number of nitrogens with one attached hydrogen (secondary N) is 1. The monoisotopic (exact) mass is 275 g/mol. The summed E-state index contributed by atoms with van der Waals surface area (Å²) in [5, 5.41) is 5.57. The van der Waals surface area contributed by atoms with Gasteiger partial charge in [-0.3, -0.25) is 4.79 Å². The fourth-order valence-corrected chi connectivity index (χ4v) is 2.26. The third-order valence-electron chi connectivity index (χ3n) is 2.59. The number of hydrogen-bond acceptors (Lipinski definition) is 4. The van der Waals surface area contributed by atoms with E-state index < -0.39 is 0 Å². The molecule has 0 saturated heterocycles. The highest BCUT2D eigenvalue weighted by atomic mass is 35.5. The van der Waals surface area contributed by atoms with Crippen LogP contribution in [0.3, 0.4) is 0 Å². The minimum atomic E-state index is 0. The lowest BCUT2D eigenvalue weighted by Gasteiger charge is -2.04. The van der Waals surface area contributed by atoms with Gasteiger partial charge in [0.05, 0.1) is 5.69 Å². The number of nitrogens with two attached hydrogens (primary N) is 1. The molecule has 1 heterocycles. The van der Waals surface area contributed by atoms with Crippen molar-refractivity contribution in [3.63, 3.8) is 0 Å². The predicted molar refractivity (Wildman–Crippen MR) is 72.9 cm³/mol. The Bertz CT molecular complexity index is 377. The minimum absolute atomic E-state index is 0. The summed E-state index contributed by atoms with van der Waals surface area (Å²) in [6.45, 7) is 1.90. The van der Waals surface area contributed by atoms with Gasteiger partial charge in [0.1, 0.15) is 0 Å². The zero-order chi connectivity index (χ0) is 11.5. The molecule has 0 radical (unpaired) electrons. The molecule has 1 saturated carbocycles. The van der Waals surface area contributed by atoms with Crippen LogP contribution in [-0.2, 0) is 4.79 Å². The molecule has 1 atom stereocenters. The average molecular weight is 276 g/mol. The molecule has 1 amide bonds. The Hall–Kier alpha value is -0.650. The number of aromatic nitrogens is 1. The fraction of sp³-hybridized carbons (Fsp3) is 0.636. The molecule has 6 heteroatoms. The summed E-state index contributed by atoms with van der Waals surface area (Å²) in [4.78, 5) is 15.9. The summed E-state index contributed by atoms with van der Waals surface area (Å²) in [6, 6.07) is 0.0732. The van der Waals surface area contributed by atoms with Gasteiger partial charge < -0.3 is 11.1 Å². The lowest BCUT2D eigenvalue weighted by Crippen LogP contribution is -2.19. The van der Waals surface area contributed by atoms with Crippen molar-refractivity contribution < 1.29 is 4.79 Å². The molecule has 1 aromatic heterocycles. The SMILES string of the molecule is CC(N)CCC(=O)Nc1nc(C2CC2)cs1.Cl. The van der Waals surface area contributed by atoms with Crippen LogP contribution in [0.4, 0.5) is 5.13 Å². The van der Waals surface area contributed by atoms with Crippen LogP contribution < -0.4 is 11.1 Å². The summed E-state index contributed by atoms with van der Waals surface area (Å²) in [5.74, 6) is 0.653. The number of thiazole rings is 1. The Kier molecular flexibility index (Phi) is 5.36. The molecule has 1 aromatic rings. The molecule has 0 aliphatic heterocycles. The fourth-order valence-electron chi connectivity index (χ4n) is 1.45. The van der Waals surface area contributed by atoms with Crippen LogP contribution in [0.2, 0.25) is 0 Å². The molecule has 1 aliphatic carbocycles. The Morgan fingerprint density at radius 3 is 3.00 bits per heavy atom. The highest BCUT2D eigenvalue weighted by Gasteiger charge is 2.26. The van der Waals surface area contributed by atoms with E-state index in [0.29, 0.717) is 18.8 Å². The van der Waals surface area contributed by atoms with E-state index in [0.717, 1.165) is 10.8 Å². The first-order chi connectivity index (χ1) is 7.65. The van der Waals surface area contributed by atoms with Crippen molar-refractivity contribution in [2.45, 2.75) is 44.6 Å². The lowest BCUT2D eigenvalue weighted by molar-refractivity contribution is -0.116. The summed E-state index contributed by atoms with van der Waals surface area (Å²) in [6.07, 6.45) is 3.66. The van der Waals surface area contributed by atoms with E-state index >= 15 is 0 Å².